The zero-order valence-electron chi connectivity index (χ0n) is 16.9. The molecule has 1 fully saturated rings. The molecule has 0 saturated carbocycles. The number of hydrogen-bond acceptors (Lipinski definition) is 5. The number of hydrogen-bond donors (Lipinski definition) is 1. The molecule has 4 rings (SSSR count). The Balaban J connectivity index is 1.81. The van der Waals surface area contributed by atoms with E-state index in [-0.39, 0.29) is 11.5 Å². The van der Waals surface area contributed by atoms with Crippen LogP contribution >= 0.6 is 0 Å². The van der Waals surface area contributed by atoms with Crippen LogP contribution in [0.4, 0.5) is 15.8 Å². The SMILES string of the molecule is Cc1ccc2c(Nc3ccc(F)c(C#N)c3)c(C(=O)N3CCC[C@@H](C)C3)cnc2n1. The average molecular weight is 403 g/mol. The molecule has 0 radical (unpaired) electrons. The highest BCUT2D eigenvalue weighted by atomic mass is 19.1. The van der Waals surface area contributed by atoms with E-state index in [2.05, 4.69) is 22.2 Å². The van der Waals surface area contributed by atoms with Crippen molar-refractivity contribution >= 4 is 28.3 Å². The van der Waals surface area contributed by atoms with Gasteiger partial charge < -0.3 is 10.2 Å². The fourth-order valence-electron chi connectivity index (χ4n) is 3.85. The van der Waals surface area contributed by atoms with Gasteiger partial charge in [-0.3, -0.25) is 4.79 Å². The molecular formula is C23H22FN5O. The Labute approximate surface area is 174 Å². The lowest BCUT2D eigenvalue weighted by Gasteiger charge is -2.31. The van der Waals surface area contributed by atoms with E-state index >= 15 is 0 Å². The minimum absolute atomic E-state index is 0.0648. The van der Waals surface area contributed by atoms with Crippen LogP contribution in [0.1, 0.15) is 41.4 Å². The smallest absolute Gasteiger partial charge is 0.257 e. The first-order valence-corrected chi connectivity index (χ1v) is 9.98. The molecule has 1 aliphatic heterocycles. The van der Waals surface area contributed by atoms with Gasteiger partial charge >= 0.3 is 0 Å². The highest BCUT2D eigenvalue weighted by molar-refractivity contribution is 6.07. The Morgan fingerprint density at radius 3 is 2.93 bits per heavy atom. The van der Waals surface area contributed by atoms with Crippen molar-refractivity contribution in [2.24, 2.45) is 5.92 Å². The Morgan fingerprint density at radius 2 is 2.17 bits per heavy atom. The summed E-state index contributed by atoms with van der Waals surface area (Å²) < 4.78 is 13.8. The number of likely N-dealkylation sites (tertiary alicyclic amines) is 1. The first-order valence-electron chi connectivity index (χ1n) is 9.98. The van der Waals surface area contributed by atoms with Gasteiger partial charge in [-0.25, -0.2) is 14.4 Å². The first kappa shape index (κ1) is 19.8. The number of piperidine rings is 1. The fraction of sp³-hybridized carbons (Fsp3) is 0.304. The molecule has 3 heterocycles. The standard InChI is InChI=1S/C23H22FN5O/c1-14-4-3-9-29(13-14)23(30)19-12-26-22-18(7-5-15(2)27-22)21(19)28-17-6-8-20(24)16(10-17)11-25/h5-8,10,12,14H,3-4,9,13H2,1-2H3,(H,26,27,28)/t14-/m1/s1. The number of amides is 1. The predicted molar refractivity (Wildman–Crippen MR) is 113 cm³/mol. The van der Waals surface area contributed by atoms with E-state index in [1.807, 2.05) is 30.0 Å². The number of benzene rings is 1. The van der Waals surface area contributed by atoms with Gasteiger partial charge in [0.25, 0.3) is 5.91 Å². The zero-order chi connectivity index (χ0) is 21.3. The largest absolute Gasteiger partial charge is 0.354 e. The molecule has 7 heteroatoms. The number of nitriles is 1. The molecule has 6 nitrogen and oxygen atoms in total. The van der Waals surface area contributed by atoms with E-state index in [1.54, 1.807) is 12.3 Å². The molecule has 1 atom stereocenters. The van der Waals surface area contributed by atoms with E-state index in [9.17, 15) is 9.18 Å². The Hall–Kier alpha value is -3.53. The number of halogens is 1. The maximum absolute atomic E-state index is 13.8. The van der Waals surface area contributed by atoms with Crippen molar-refractivity contribution in [1.82, 2.24) is 14.9 Å². The molecule has 2 aromatic heterocycles. The fourth-order valence-corrected chi connectivity index (χ4v) is 3.85. The van der Waals surface area contributed by atoms with Gasteiger partial charge in [0.05, 0.1) is 16.8 Å². The minimum atomic E-state index is -0.585. The third-order valence-corrected chi connectivity index (χ3v) is 5.40. The van der Waals surface area contributed by atoms with Crippen molar-refractivity contribution in [2.75, 3.05) is 18.4 Å². The summed E-state index contributed by atoms with van der Waals surface area (Å²) >= 11 is 0. The summed E-state index contributed by atoms with van der Waals surface area (Å²) in [5.41, 5.74) is 2.78. The van der Waals surface area contributed by atoms with Crippen molar-refractivity contribution in [3.8, 4) is 6.07 Å². The molecule has 1 aromatic carbocycles. The number of aromatic nitrogens is 2. The molecule has 1 saturated heterocycles. The van der Waals surface area contributed by atoms with Gasteiger partial charge in [0.1, 0.15) is 11.9 Å². The maximum atomic E-state index is 13.8. The second-order valence-corrected chi connectivity index (χ2v) is 7.80. The van der Waals surface area contributed by atoms with Gasteiger partial charge in [-0.1, -0.05) is 6.92 Å². The Kier molecular flexibility index (Phi) is 5.32. The van der Waals surface area contributed by atoms with Crippen LogP contribution < -0.4 is 5.32 Å². The topological polar surface area (TPSA) is 81.9 Å². The van der Waals surface area contributed by atoms with Crippen LogP contribution in [0, 0.1) is 30.0 Å². The lowest BCUT2D eigenvalue weighted by molar-refractivity contribution is 0.0684. The summed E-state index contributed by atoms with van der Waals surface area (Å²) in [6.07, 6.45) is 3.63. The average Bonchev–Trinajstić information content (AvgIpc) is 2.74. The third kappa shape index (κ3) is 3.81. The Morgan fingerprint density at radius 1 is 1.33 bits per heavy atom. The van der Waals surface area contributed by atoms with Crippen LogP contribution in [0.25, 0.3) is 11.0 Å². The molecule has 0 unspecified atom stereocenters. The number of nitrogens with one attached hydrogen (secondary N) is 1. The van der Waals surface area contributed by atoms with E-state index in [0.717, 1.165) is 18.5 Å². The molecule has 3 aromatic rings. The summed E-state index contributed by atoms with van der Waals surface area (Å²) in [7, 11) is 0. The van der Waals surface area contributed by atoms with Crippen molar-refractivity contribution in [3.05, 3.63) is 59.2 Å². The number of rotatable bonds is 3. The molecule has 0 aliphatic carbocycles. The van der Waals surface area contributed by atoms with E-state index < -0.39 is 5.82 Å². The van der Waals surface area contributed by atoms with Gasteiger partial charge in [-0.05, 0) is 56.0 Å². The van der Waals surface area contributed by atoms with Gasteiger partial charge in [0.2, 0.25) is 0 Å². The van der Waals surface area contributed by atoms with Gasteiger partial charge in [0, 0.05) is 36.1 Å². The van der Waals surface area contributed by atoms with Crippen LogP contribution in [0.3, 0.4) is 0 Å². The monoisotopic (exact) mass is 403 g/mol. The van der Waals surface area contributed by atoms with Gasteiger partial charge in [0.15, 0.2) is 5.65 Å². The molecule has 0 spiro atoms. The molecular weight excluding hydrogens is 381 g/mol. The minimum Gasteiger partial charge on any atom is -0.354 e. The van der Waals surface area contributed by atoms with Crippen LogP contribution in [-0.2, 0) is 0 Å². The second kappa shape index (κ2) is 8.07. The van der Waals surface area contributed by atoms with Crippen LogP contribution in [0.2, 0.25) is 0 Å². The first-order chi connectivity index (χ1) is 14.5. The number of fused-ring (bicyclic) bond motifs is 1. The number of carbonyl (C=O) groups excluding carboxylic acids is 1. The van der Waals surface area contributed by atoms with E-state index in [0.29, 0.717) is 47.0 Å². The summed E-state index contributed by atoms with van der Waals surface area (Å²) in [4.78, 5) is 24.1. The molecule has 30 heavy (non-hydrogen) atoms. The summed E-state index contributed by atoms with van der Waals surface area (Å²) in [5, 5.41) is 13.1. The molecule has 1 aliphatic rings. The maximum Gasteiger partial charge on any atom is 0.257 e. The van der Waals surface area contributed by atoms with Crippen LogP contribution in [0.5, 0.6) is 0 Å². The summed E-state index contributed by atoms with van der Waals surface area (Å²) in [5.74, 6) is -0.229. The van der Waals surface area contributed by atoms with Gasteiger partial charge in [-0.2, -0.15) is 5.26 Å². The van der Waals surface area contributed by atoms with Crippen molar-refractivity contribution < 1.29 is 9.18 Å². The summed E-state index contributed by atoms with van der Waals surface area (Å²) in [6.45, 7) is 5.44. The van der Waals surface area contributed by atoms with E-state index in [4.69, 9.17) is 5.26 Å². The van der Waals surface area contributed by atoms with E-state index in [1.165, 1.54) is 12.1 Å². The van der Waals surface area contributed by atoms with Crippen LogP contribution in [-0.4, -0.2) is 33.9 Å². The zero-order valence-corrected chi connectivity index (χ0v) is 16.9. The third-order valence-electron chi connectivity index (χ3n) is 5.40. The lowest BCUT2D eigenvalue weighted by Crippen LogP contribution is -2.39. The normalized spacial score (nSPS) is 16.3. The lowest BCUT2D eigenvalue weighted by atomic mass is 9.99. The van der Waals surface area contributed by atoms with Crippen LogP contribution in [0.15, 0.2) is 36.5 Å². The van der Waals surface area contributed by atoms with Gasteiger partial charge in [-0.15, -0.1) is 0 Å². The number of anilines is 2. The second-order valence-electron chi connectivity index (χ2n) is 7.80. The highest BCUT2D eigenvalue weighted by Gasteiger charge is 2.25. The molecule has 152 valence electrons. The summed E-state index contributed by atoms with van der Waals surface area (Å²) in [6, 6.07) is 9.79. The number of nitrogens with zero attached hydrogens (tertiary/aromatic N) is 4. The predicted octanol–water partition coefficient (Wildman–Crippen LogP) is 4.56. The molecule has 1 amide bonds. The number of aryl methyl sites for hydroxylation is 1. The molecule has 0 bridgehead atoms. The number of carbonyl (C=O) groups is 1. The highest BCUT2D eigenvalue weighted by Crippen LogP contribution is 2.31. The molecule has 1 N–H and O–H groups in total. The Bertz CT molecular complexity index is 1170. The van der Waals surface area contributed by atoms with Crippen molar-refractivity contribution in [1.29, 1.82) is 5.26 Å². The van der Waals surface area contributed by atoms with Crippen molar-refractivity contribution in [3.63, 3.8) is 0 Å². The number of pyridine rings is 2. The quantitative estimate of drug-likeness (QED) is 0.693. The van der Waals surface area contributed by atoms with Crippen molar-refractivity contribution in [2.45, 2.75) is 26.7 Å².